The van der Waals surface area contributed by atoms with E-state index in [9.17, 15) is 13.2 Å². The fraction of sp³-hybridized carbons (Fsp3) is 0.222. The summed E-state index contributed by atoms with van der Waals surface area (Å²) in [6.45, 7) is 1.90. The predicted molar refractivity (Wildman–Crippen MR) is 107 cm³/mol. The maximum Gasteiger partial charge on any atom is 0.243 e. The molecule has 3 rings (SSSR count). The Kier molecular flexibility index (Phi) is 5.81. The lowest BCUT2D eigenvalue weighted by Gasteiger charge is -2.17. The zero-order chi connectivity index (χ0) is 19.6. The Labute approximate surface area is 166 Å². The molecule has 0 saturated carbocycles. The normalized spacial score (nSPS) is 11.9. The van der Waals surface area contributed by atoms with Gasteiger partial charge in [-0.2, -0.15) is 4.31 Å². The summed E-state index contributed by atoms with van der Waals surface area (Å²) in [5.74, 6) is -0.384. The molecule has 1 amide bonds. The fourth-order valence-electron chi connectivity index (χ4n) is 2.51. The lowest BCUT2D eigenvalue weighted by Crippen LogP contribution is -2.38. The second-order valence-electron chi connectivity index (χ2n) is 6.03. The lowest BCUT2D eigenvalue weighted by molar-refractivity contribution is -0.121. The number of thiazole rings is 1. The molecule has 0 bridgehead atoms. The van der Waals surface area contributed by atoms with Gasteiger partial charge in [0.15, 0.2) is 0 Å². The van der Waals surface area contributed by atoms with Gasteiger partial charge in [-0.15, -0.1) is 11.3 Å². The summed E-state index contributed by atoms with van der Waals surface area (Å²) in [4.78, 5) is 16.6. The molecular formula is C18H18ClN3O3S2. The van der Waals surface area contributed by atoms with Crippen LogP contribution in [-0.4, -0.2) is 37.2 Å². The Bertz CT molecular complexity index is 1080. The van der Waals surface area contributed by atoms with E-state index in [1.54, 1.807) is 36.4 Å². The number of aromatic nitrogens is 1. The third-order valence-electron chi connectivity index (χ3n) is 3.94. The summed E-state index contributed by atoms with van der Waals surface area (Å²) in [6.07, 6.45) is 0. The summed E-state index contributed by atoms with van der Waals surface area (Å²) in [5, 5.41) is 4.19. The zero-order valence-corrected chi connectivity index (χ0v) is 17.2. The van der Waals surface area contributed by atoms with E-state index >= 15 is 0 Å². The fourth-order valence-corrected chi connectivity index (χ4v) is 4.73. The monoisotopic (exact) mass is 423 g/mol. The van der Waals surface area contributed by atoms with Gasteiger partial charge in [0, 0.05) is 18.6 Å². The minimum Gasteiger partial charge on any atom is -0.351 e. The van der Waals surface area contributed by atoms with Crippen molar-refractivity contribution in [2.24, 2.45) is 0 Å². The molecule has 0 unspecified atom stereocenters. The van der Waals surface area contributed by atoms with E-state index in [0.717, 1.165) is 25.1 Å². The number of amides is 1. The summed E-state index contributed by atoms with van der Waals surface area (Å²) in [6, 6.07) is 11.9. The van der Waals surface area contributed by atoms with Crippen LogP contribution in [0.4, 0.5) is 0 Å². The number of nitrogens with zero attached hydrogens (tertiary/aromatic N) is 2. The topological polar surface area (TPSA) is 79.4 Å². The number of nitrogens with one attached hydrogen (secondary N) is 1. The Morgan fingerprint density at radius 2 is 1.93 bits per heavy atom. The second kappa shape index (κ2) is 7.93. The molecule has 1 heterocycles. The SMILES string of the molecule is Cc1nc2ccc(S(=O)(=O)N(C)CC(=O)NCc3ccc(Cl)cc3)cc2s1. The Morgan fingerprint density at radius 3 is 2.63 bits per heavy atom. The average molecular weight is 424 g/mol. The molecule has 9 heteroatoms. The van der Waals surface area contributed by atoms with Gasteiger partial charge in [-0.3, -0.25) is 4.79 Å². The molecule has 0 saturated heterocycles. The van der Waals surface area contributed by atoms with Crippen LogP contribution in [0.3, 0.4) is 0 Å². The minimum absolute atomic E-state index is 0.145. The van der Waals surface area contributed by atoms with E-state index in [1.807, 2.05) is 6.92 Å². The van der Waals surface area contributed by atoms with Crippen molar-refractivity contribution < 1.29 is 13.2 Å². The number of sulfonamides is 1. The first-order chi connectivity index (χ1) is 12.8. The number of fused-ring (bicyclic) bond motifs is 1. The van der Waals surface area contributed by atoms with Crippen LogP contribution < -0.4 is 5.32 Å². The molecule has 1 N–H and O–H groups in total. The van der Waals surface area contributed by atoms with Gasteiger partial charge in [0.1, 0.15) is 0 Å². The third-order valence-corrected chi connectivity index (χ3v) is 6.93. The van der Waals surface area contributed by atoms with Crippen molar-refractivity contribution >= 4 is 49.1 Å². The number of halogens is 1. The highest BCUT2D eigenvalue weighted by molar-refractivity contribution is 7.89. The Balaban J connectivity index is 1.66. The van der Waals surface area contributed by atoms with Gasteiger partial charge in [0.25, 0.3) is 0 Å². The van der Waals surface area contributed by atoms with Gasteiger partial charge in [0.2, 0.25) is 15.9 Å². The van der Waals surface area contributed by atoms with Crippen LogP contribution in [0.2, 0.25) is 5.02 Å². The van der Waals surface area contributed by atoms with Gasteiger partial charge in [-0.25, -0.2) is 13.4 Å². The van der Waals surface area contributed by atoms with Crippen molar-refractivity contribution in [2.75, 3.05) is 13.6 Å². The number of carbonyl (C=O) groups is 1. The first kappa shape index (κ1) is 19.8. The van der Waals surface area contributed by atoms with Crippen LogP contribution in [0.15, 0.2) is 47.4 Å². The quantitative estimate of drug-likeness (QED) is 0.660. The molecule has 0 fully saturated rings. The molecule has 3 aromatic rings. The predicted octanol–water partition coefficient (Wildman–Crippen LogP) is 3.20. The van der Waals surface area contributed by atoms with Crippen molar-refractivity contribution in [2.45, 2.75) is 18.4 Å². The average Bonchev–Trinajstić information content (AvgIpc) is 3.00. The highest BCUT2D eigenvalue weighted by Crippen LogP contribution is 2.25. The molecule has 0 aliphatic carbocycles. The van der Waals surface area contributed by atoms with Gasteiger partial charge < -0.3 is 5.32 Å². The maximum atomic E-state index is 12.7. The molecule has 27 heavy (non-hydrogen) atoms. The maximum absolute atomic E-state index is 12.7. The van der Waals surface area contributed by atoms with E-state index in [4.69, 9.17) is 11.6 Å². The number of likely N-dealkylation sites (N-methyl/N-ethyl adjacent to an activating group) is 1. The van der Waals surface area contributed by atoms with Gasteiger partial charge in [0.05, 0.1) is 26.7 Å². The van der Waals surface area contributed by atoms with E-state index in [-0.39, 0.29) is 17.3 Å². The molecular weight excluding hydrogens is 406 g/mol. The number of hydrogen-bond acceptors (Lipinski definition) is 5. The summed E-state index contributed by atoms with van der Waals surface area (Å²) in [5.41, 5.74) is 1.64. The molecule has 6 nitrogen and oxygen atoms in total. The number of carbonyl (C=O) groups excluding carboxylic acids is 1. The minimum atomic E-state index is -3.77. The van der Waals surface area contributed by atoms with Crippen molar-refractivity contribution in [1.29, 1.82) is 0 Å². The molecule has 2 aromatic carbocycles. The molecule has 0 spiro atoms. The molecule has 0 radical (unpaired) electrons. The van der Waals surface area contributed by atoms with E-state index in [1.165, 1.54) is 24.5 Å². The van der Waals surface area contributed by atoms with Crippen LogP contribution in [-0.2, 0) is 21.4 Å². The van der Waals surface area contributed by atoms with Crippen LogP contribution in [0.5, 0.6) is 0 Å². The van der Waals surface area contributed by atoms with E-state index < -0.39 is 10.0 Å². The lowest BCUT2D eigenvalue weighted by atomic mass is 10.2. The van der Waals surface area contributed by atoms with E-state index in [2.05, 4.69) is 10.3 Å². The highest BCUT2D eigenvalue weighted by Gasteiger charge is 2.23. The van der Waals surface area contributed by atoms with Gasteiger partial charge in [-0.05, 0) is 42.8 Å². The largest absolute Gasteiger partial charge is 0.351 e. The number of benzene rings is 2. The Morgan fingerprint density at radius 1 is 1.22 bits per heavy atom. The molecule has 0 atom stereocenters. The van der Waals surface area contributed by atoms with Crippen molar-refractivity contribution in [3.05, 3.63) is 58.1 Å². The second-order valence-corrected chi connectivity index (χ2v) is 9.74. The molecule has 142 valence electrons. The third kappa shape index (κ3) is 4.65. The smallest absolute Gasteiger partial charge is 0.243 e. The first-order valence-electron chi connectivity index (χ1n) is 8.10. The van der Waals surface area contributed by atoms with Crippen LogP contribution in [0, 0.1) is 6.92 Å². The standard InChI is InChI=1S/C18H18ClN3O3S2/c1-12-21-16-8-7-15(9-17(16)26-12)27(24,25)22(2)11-18(23)20-10-13-3-5-14(19)6-4-13/h3-9H,10-11H2,1-2H3,(H,20,23). The van der Waals surface area contributed by atoms with Crippen LogP contribution >= 0.6 is 22.9 Å². The summed E-state index contributed by atoms with van der Waals surface area (Å²) in [7, 11) is -2.38. The van der Waals surface area contributed by atoms with Gasteiger partial charge >= 0.3 is 0 Å². The number of aryl methyl sites for hydroxylation is 1. The number of hydrogen-bond donors (Lipinski definition) is 1. The van der Waals surface area contributed by atoms with Crippen LogP contribution in [0.25, 0.3) is 10.2 Å². The Hall–Kier alpha value is -2.00. The highest BCUT2D eigenvalue weighted by atomic mass is 35.5. The van der Waals surface area contributed by atoms with Crippen molar-refractivity contribution in [3.63, 3.8) is 0 Å². The summed E-state index contributed by atoms with van der Waals surface area (Å²) < 4.78 is 27.3. The molecule has 0 aliphatic heterocycles. The first-order valence-corrected chi connectivity index (χ1v) is 10.7. The number of rotatable bonds is 6. The van der Waals surface area contributed by atoms with E-state index in [0.29, 0.717) is 11.6 Å². The van der Waals surface area contributed by atoms with Crippen molar-refractivity contribution in [1.82, 2.24) is 14.6 Å². The summed E-state index contributed by atoms with van der Waals surface area (Å²) >= 11 is 7.26. The molecule has 1 aromatic heterocycles. The zero-order valence-electron chi connectivity index (χ0n) is 14.8. The molecule has 0 aliphatic rings. The van der Waals surface area contributed by atoms with Gasteiger partial charge in [-0.1, -0.05) is 23.7 Å². The van der Waals surface area contributed by atoms with Crippen LogP contribution in [0.1, 0.15) is 10.6 Å². The van der Waals surface area contributed by atoms with Crippen molar-refractivity contribution in [3.8, 4) is 0 Å².